The quantitative estimate of drug-likeness (QED) is 0.462. The van der Waals surface area contributed by atoms with Gasteiger partial charge in [-0.3, -0.25) is 0 Å². The van der Waals surface area contributed by atoms with E-state index in [9.17, 15) is 14.3 Å². The first-order valence-electron chi connectivity index (χ1n) is 5.55. The van der Waals surface area contributed by atoms with Gasteiger partial charge in [0, 0.05) is 0 Å². The molecule has 0 amide bonds. The van der Waals surface area contributed by atoms with Crippen LogP contribution in [-0.4, -0.2) is 35.8 Å². The van der Waals surface area contributed by atoms with E-state index in [1.807, 2.05) is 0 Å². The van der Waals surface area contributed by atoms with Crippen molar-refractivity contribution in [1.29, 1.82) is 0 Å². The van der Waals surface area contributed by atoms with Crippen molar-refractivity contribution in [1.82, 2.24) is 0 Å². The third-order valence-electron chi connectivity index (χ3n) is 2.71. The first-order chi connectivity index (χ1) is 8.90. The minimum absolute atomic E-state index is 0.125. The van der Waals surface area contributed by atoms with Crippen LogP contribution in [0.5, 0.6) is 0 Å². The van der Waals surface area contributed by atoms with Gasteiger partial charge in [-0.15, -0.1) is 0 Å². The van der Waals surface area contributed by atoms with E-state index in [2.05, 4.69) is 0 Å². The standard InChI is InChI=1S/C11H13NO5SSe/c1-11(2)10(16-18(15)17-11)7-19-9-6-4-3-5-8(9)12(13)14/h3-6,10H,7H2,1-2H3/t10-,18?/m1/s1. The van der Waals surface area contributed by atoms with Crippen LogP contribution in [0.4, 0.5) is 5.69 Å². The van der Waals surface area contributed by atoms with Crippen LogP contribution < -0.4 is 4.46 Å². The zero-order valence-electron chi connectivity index (χ0n) is 10.4. The Morgan fingerprint density at radius 1 is 1.47 bits per heavy atom. The number of hydrogen-bond acceptors (Lipinski definition) is 5. The molecule has 1 fully saturated rings. The van der Waals surface area contributed by atoms with Gasteiger partial charge in [0.25, 0.3) is 0 Å². The summed E-state index contributed by atoms with van der Waals surface area (Å²) in [5.74, 6) is 0. The van der Waals surface area contributed by atoms with E-state index in [1.54, 1.807) is 32.0 Å². The fourth-order valence-electron chi connectivity index (χ4n) is 1.58. The number of hydrogen-bond donors (Lipinski definition) is 0. The Labute approximate surface area is 119 Å². The van der Waals surface area contributed by atoms with Crippen molar-refractivity contribution in [3.8, 4) is 0 Å². The molecule has 1 aliphatic rings. The van der Waals surface area contributed by atoms with Gasteiger partial charge in [0.1, 0.15) is 0 Å². The van der Waals surface area contributed by atoms with Crippen molar-refractivity contribution in [2.24, 2.45) is 0 Å². The molecule has 8 heteroatoms. The van der Waals surface area contributed by atoms with Gasteiger partial charge in [-0.2, -0.15) is 0 Å². The molecule has 1 aliphatic heterocycles. The molecule has 1 heterocycles. The molecule has 104 valence electrons. The van der Waals surface area contributed by atoms with E-state index in [0.717, 1.165) is 0 Å². The number of benzene rings is 1. The summed E-state index contributed by atoms with van der Waals surface area (Å²) in [7, 11) is 0. The second-order valence-electron chi connectivity index (χ2n) is 4.51. The van der Waals surface area contributed by atoms with Crippen molar-refractivity contribution >= 4 is 36.5 Å². The van der Waals surface area contributed by atoms with E-state index in [1.165, 1.54) is 6.07 Å². The van der Waals surface area contributed by atoms with Crippen molar-refractivity contribution in [2.45, 2.75) is 30.9 Å². The summed E-state index contributed by atoms with van der Waals surface area (Å²) in [4.78, 5) is 10.5. The third-order valence-corrected chi connectivity index (χ3v) is 6.02. The molecule has 1 saturated heterocycles. The van der Waals surface area contributed by atoms with Gasteiger partial charge in [-0.25, -0.2) is 0 Å². The van der Waals surface area contributed by atoms with E-state index in [4.69, 9.17) is 8.37 Å². The fourth-order valence-corrected chi connectivity index (χ4v) is 5.42. The van der Waals surface area contributed by atoms with Gasteiger partial charge < -0.3 is 0 Å². The first-order valence-corrected chi connectivity index (χ1v) is 8.61. The van der Waals surface area contributed by atoms with Gasteiger partial charge in [0.05, 0.1) is 0 Å². The summed E-state index contributed by atoms with van der Waals surface area (Å²) >= 11 is -1.85. The molecule has 2 atom stereocenters. The van der Waals surface area contributed by atoms with Crippen LogP contribution in [0.3, 0.4) is 0 Å². The molecule has 0 aromatic heterocycles. The van der Waals surface area contributed by atoms with Crippen molar-refractivity contribution in [3.05, 3.63) is 34.4 Å². The van der Waals surface area contributed by atoms with E-state index in [0.29, 0.717) is 9.78 Å². The Kier molecular flexibility index (Phi) is 4.37. The van der Waals surface area contributed by atoms with E-state index >= 15 is 0 Å². The Hall–Kier alpha value is -0.791. The van der Waals surface area contributed by atoms with Crippen LogP contribution in [0.15, 0.2) is 24.3 Å². The molecular formula is C11H13NO5SSe. The molecule has 0 N–H and O–H groups in total. The summed E-state index contributed by atoms with van der Waals surface area (Å²) < 4.78 is 22.3. The number of nitrogens with zero attached hydrogens (tertiary/aromatic N) is 1. The molecule has 1 aromatic rings. The molecule has 6 nitrogen and oxygen atoms in total. The Bertz CT molecular complexity index is 522. The van der Waals surface area contributed by atoms with Crippen LogP contribution in [-0.2, 0) is 19.7 Å². The molecule has 1 unspecified atom stereocenters. The van der Waals surface area contributed by atoms with Gasteiger partial charge in [-0.1, -0.05) is 0 Å². The Morgan fingerprint density at radius 3 is 2.74 bits per heavy atom. The minimum atomic E-state index is -1.72. The van der Waals surface area contributed by atoms with Crippen molar-refractivity contribution in [3.63, 3.8) is 0 Å². The van der Waals surface area contributed by atoms with Crippen LogP contribution in [0.25, 0.3) is 0 Å². The fraction of sp³-hybridized carbons (Fsp3) is 0.455. The molecule has 0 bridgehead atoms. The van der Waals surface area contributed by atoms with Crippen LogP contribution in [0, 0.1) is 10.1 Å². The first kappa shape index (κ1) is 14.6. The van der Waals surface area contributed by atoms with Crippen molar-refractivity contribution in [2.75, 3.05) is 0 Å². The second kappa shape index (κ2) is 5.68. The zero-order valence-corrected chi connectivity index (χ0v) is 12.9. The molecular weight excluding hydrogens is 337 g/mol. The second-order valence-corrected chi connectivity index (χ2v) is 7.51. The number of nitro benzene ring substituents is 1. The topological polar surface area (TPSA) is 78.7 Å². The number of nitro groups is 1. The molecule has 2 rings (SSSR count). The van der Waals surface area contributed by atoms with Gasteiger partial charge in [0.2, 0.25) is 0 Å². The van der Waals surface area contributed by atoms with E-state index < -0.39 is 17.0 Å². The van der Waals surface area contributed by atoms with Gasteiger partial charge in [0.15, 0.2) is 0 Å². The SMILES string of the molecule is CC1(C)OS(=O)O[C@@H]1C[Se]c1ccccc1[N+](=O)[O-]. The van der Waals surface area contributed by atoms with Gasteiger partial charge in [-0.05, 0) is 0 Å². The Balaban J connectivity index is 2.07. The van der Waals surface area contributed by atoms with Gasteiger partial charge >= 0.3 is 119 Å². The molecule has 19 heavy (non-hydrogen) atoms. The molecule has 0 saturated carbocycles. The summed E-state index contributed by atoms with van der Waals surface area (Å²) in [5.41, 5.74) is -0.503. The zero-order chi connectivity index (χ0) is 14.0. The number of rotatable bonds is 4. The predicted octanol–water partition coefficient (Wildman–Crippen LogP) is 1.12. The summed E-state index contributed by atoms with van der Waals surface area (Å²) in [6.45, 7) is 3.61. The van der Waals surface area contributed by atoms with E-state index in [-0.39, 0.29) is 31.7 Å². The monoisotopic (exact) mass is 351 g/mol. The predicted molar refractivity (Wildman–Crippen MR) is 71.5 cm³/mol. The average molecular weight is 350 g/mol. The molecule has 0 aliphatic carbocycles. The van der Waals surface area contributed by atoms with Crippen LogP contribution in [0.2, 0.25) is 5.32 Å². The van der Waals surface area contributed by atoms with Crippen LogP contribution in [0.1, 0.15) is 13.8 Å². The number of para-hydroxylation sites is 1. The Morgan fingerprint density at radius 2 is 2.16 bits per heavy atom. The van der Waals surface area contributed by atoms with Crippen LogP contribution >= 0.6 is 0 Å². The average Bonchev–Trinajstić information content (AvgIpc) is 2.59. The molecule has 0 spiro atoms. The third kappa shape index (κ3) is 3.40. The maximum absolute atomic E-state index is 11.2. The summed E-state index contributed by atoms with van der Waals surface area (Å²) in [6, 6.07) is 6.66. The maximum atomic E-state index is 11.2. The van der Waals surface area contributed by atoms with Crippen molar-refractivity contribution < 1.29 is 17.5 Å². The summed E-state index contributed by atoms with van der Waals surface area (Å²) in [6.07, 6.45) is -0.312. The molecule has 0 radical (unpaired) electrons. The normalized spacial score (nSPS) is 25.4. The summed E-state index contributed by atoms with van der Waals surface area (Å²) in [5, 5.41) is 11.5. The molecule has 1 aromatic carbocycles.